The Morgan fingerprint density at radius 2 is 1.76 bits per heavy atom. The van der Waals surface area contributed by atoms with Crippen LogP contribution in [0.3, 0.4) is 0 Å². The number of H-pyrrole nitrogens is 1. The molecule has 1 aromatic heterocycles. The highest BCUT2D eigenvalue weighted by molar-refractivity contribution is 6.30. The summed E-state index contributed by atoms with van der Waals surface area (Å²) in [5.74, 6) is -3.21. The summed E-state index contributed by atoms with van der Waals surface area (Å²) in [5, 5.41) is 22.5. The average molecular weight is 477 g/mol. The van der Waals surface area contributed by atoms with Crippen LogP contribution in [0, 0.1) is 11.6 Å². The van der Waals surface area contributed by atoms with E-state index in [9.17, 15) is 23.5 Å². The van der Waals surface area contributed by atoms with Crippen LogP contribution in [0.2, 0.25) is 5.02 Å². The fourth-order valence-electron chi connectivity index (χ4n) is 3.22. The second-order valence-electron chi connectivity index (χ2n) is 8.13. The van der Waals surface area contributed by atoms with Crippen molar-refractivity contribution in [2.75, 3.05) is 5.32 Å². The molecule has 33 heavy (non-hydrogen) atoms. The average Bonchev–Trinajstić information content (AvgIpc) is 3.21. The van der Waals surface area contributed by atoms with E-state index in [2.05, 4.69) is 20.8 Å². The van der Waals surface area contributed by atoms with E-state index < -0.39 is 41.0 Å². The van der Waals surface area contributed by atoms with Gasteiger partial charge >= 0.3 is 0 Å². The van der Waals surface area contributed by atoms with Crippen molar-refractivity contribution in [1.82, 2.24) is 15.5 Å². The minimum atomic E-state index is -1.85. The number of benzene rings is 2. The number of aliphatic hydroxyl groups excluding tert-OH is 1. The van der Waals surface area contributed by atoms with E-state index in [-0.39, 0.29) is 11.4 Å². The van der Waals surface area contributed by atoms with Gasteiger partial charge in [0.25, 0.3) is 5.91 Å². The number of hydrogen-bond acceptors (Lipinski definition) is 4. The van der Waals surface area contributed by atoms with Crippen molar-refractivity contribution in [3.8, 4) is 0 Å². The number of carbonyl (C=O) groups is 2. The van der Waals surface area contributed by atoms with Gasteiger partial charge < -0.3 is 15.7 Å². The van der Waals surface area contributed by atoms with E-state index in [1.165, 1.54) is 6.92 Å². The van der Waals surface area contributed by atoms with Gasteiger partial charge in [0, 0.05) is 28.3 Å². The van der Waals surface area contributed by atoms with Gasteiger partial charge in [-0.25, -0.2) is 8.78 Å². The van der Waals surface area contributed by atoms with E-state index in [4.69, 9.17) is 11.6 Å². The lowest BCUT2D eigenvalue weighted by Crippen LogP contribution is -2.43. The van der Waals surface area contributed by atoms with Crippen molar-refractivity contribution in [3.05, 3.63) is 82.0 Å². The van der Waals surface area contributed by atoms with Crippen LogP contribution in [-0.2, 0) is 15.0 Å². The molecule has 2 amide bonds. The minimum absolute atomic E-state index is 0.235. The van der Waals surface area contributed by atoms with E-state index >= 15 is 0 Å². The van der Waals surface area contributed by atoms with Crippen molar-refractivity contribution < 1.29 is 23.5 Å². The maximum absolute atomic E-state index is 13.3. The van der Waals surface area contributed by atoms with Gasteiger partial charge in [-0.2, -0.15) is 5.10 Å². The molecule has 0 aliphatic heterocycles. The Balaban J connectivity index is 1.64. The van der Waals surface area contributed by atoms with Crippen LogP contribution in [0.4, 0.5) is 14.6 Å². The van der Waals surface area contributed by atoms with E-state index in [1.54, 1.807) is 12.1 Å². The van der Waals surface area contributed by atoms with Crippen LogP contribution in [0.1, 0.15) is 43.7 Å². The first-order valence-electron chi connectivity index (χ1n) is 10.0. The van der Waals surface area contributed by atoms with Gasteiger partial charge in [0.05, 0.1) is 0 Å². The third-order valence-electron chi connectivity index (χ3n) is 5.25. The van der Waals surface area contributed by atoms with Crippen molar-refractivity contribution in [3.63, 3.8) is 0 Å². The van der Waals surface area contributed by atoms with Crippen LogP contribution in [0.15, 0.2) is 48.5 Å². The highest BCUT2D eigenvalue weighted by atomic mass is 35.5. The molecule has 0 saturated carbocycles. The molecule has 10 heteroatoms. The number of aromatic nitrogens is 2. The fraction of sp³-hybridized carbons (Fsp3) is 0.261. The highest BCUT2D eigenvalue weighted by Gasteiger charge is 2.27. The maximum atomic E-state index is 13.3. The first-order chi connectivity index (χ1) is 15.5. The van der Waals surface area contributed by atoms with Crippen molar-refractivity contribution >= 4 is 29.2 Å². The third kappa shape index (κ3) is 5.74. The normalized spacial score (nSPS) is 13.3. The first-order valence-corrected chi connectivity index (χ1v) is 10.4. The van der Waals surface area contributed by atoms with Gasteiger partial charge in [-0.05, 0) is 42.3 Å². The summed E-state index contributed by atoms with van der Waals surface area (Å²) in [6.45, 7) is 5.34. The smallest absolute Gasteiger partial charge is 0.254 e. The predicted octanol–water partition coefficient (Wildman–Crippen LogP) is 3.84. The van der Waals surface area contributed by atoms with Crippen LogP contribution in [0.25, 0.3) is 0 Å². The molecule has 3 rings (SSSR count). The molecule has 174 valence electrons. The third-order valence-corrected chi connectivity index (χ3v) is 5.48. The van der Waals surface area contributed by atoms with Gasteiger partial charge in [0.2, 0.25) is 5.91 Å². The van der Waals surface area contributed by atoms with Crippen molar-refractivity contribution in [1.29, 1.82) is 0 Å². The Labute approximate surface area is 194 Å². The summed E-state index contributed by atoms with van der Waals surface area (Å²) in [5.41, 5.74) is 0.920. The highest BCUT2D eigenvalue weighted by Crippen LogP contribution is 2.32. The molecule has 0 aliphatic rings. The molecule has 2 atom stereocenters. The quantitative estimate of drug-likeness (QED) is 0.415. The SMILES string of the molecule is CC(NC(=O)C(O)c1cc(F)cc(F)c1)C(=O)Nc1cc(C(C)(C)c2cccc(Cl)c2)[nH]n1. The largest absolute Gasteiger partial charge is 0.378 e. The second-order valence-corrected chi connectivity index (χ2v) is 8.56. The monoisotopic (exact) mass is 476 g/mol. The number of halogens is 3. The van der Waals surface area contributed by atoms with Crippen molar-refractivity contribution in [2.24, 2.45) is 0 Å². The van der Waals surface area contributed by atoms with Gasteiger partial charge in [-0.15, -0.1) is 0 Å². The molecular weight excluding hydrogens is 454 g/mol. The molecule has 3 aromatic rings. The predicted molar refractivity (Wildman–Crippen MR) is 120 cm³/mol. The number of rotatable bonds is 7. The molecular formula is C23H23ClF2N4O3. The maximum Gasteiger partial charge on any atom is 0.254 e. The number of amides is 2. The number of aromatic amines is 1. The van der Waals surface area contributed by atoms with Gasteiger partial charge in [-0.3, -0.25) is 14.7 Å². The van der Waals surface area contributed by atoms with Gasteiger partial charge in [0.1, 0.15) is 17.7 Å². The van der Waals surface area contributed by atoms with E-state index in [0.29, 0.717) is 11.1 Å². The molecule has 2 aromatic carbocycles. The molecule has 0 fully saturated rings. The molecule has 4 N–H and O–H groups in total. The Morgan fingerprint density at radius 1 is 1.09 bits per heavy atom. The molecule has 0 saturated heterocycles. The summed E-state index contributed by atoms with van der Waals surface area (Å²) in [4.78, 5) is 24.7. The number of nitrogens with one attached hydrogen (secondary N) is 3. The number of carbonyl (C=O) groups excluding carboxylic acids is 2. The number of aliphatic hydroxyl groups is 1. The molecule has 0 spiro atoms. The van der Waals surface area contributed by atoms with E-state index in [0.717, 1.165) is 23.4 Å². The summed E-state index contributed by atoms with van der Waals surface area (Å²) in [7, 11) is 0. The number of nitrogens with zero attached hydrogens (tertiary/aromatic N) is 1. The molecule has 7 nitrogen and oxygen atoms in total. The summed E-state index contributed by atoms with van der Waals surface area (Å²) >= 11 is 6.09. The minimum Gasteiger partial charge on any atom is -0.378 e. The molecule has 0 aliphatic carbocycles. The van der Waals surface area contributed by atoms with Gasteiger partial charge in [-0.1, -0.05) is 37.6 Å². The standard InChI is InChI=1S/C23H23ClF2N4O3/c1-12(27-22(33)20(31)13-7-16(25)10-17(26)8-13)21(32)28-19-11-18(29-30-19)23(2,3)14-5-4-6-15(24)9-14/h4-12,20,31H,1-3H3,(H,27,33)(H2,28,29,30,32). The molecule has 1 heterocycles. The first kappa shape index (κ1) is 24.3. The topological polar surface area (TPSA) is 107 Å². The van der Waals surface area contributed by atoms with E-state index in [1.807, 2.05) is 32.0 Å². The Hall–Kier alpha value is -3.30. The van der Waals surface area contributed by atoms with Crippen LogP contribution >= 0.6 is 11.6 Å². The summed E-state index contributed by atoms with van der Waals surface area (Å²) in [6, 6.07) is 10.3. The number of hydrogen-bond donors (Lipinski definition) is 4. The van der Waals surface area contributed by atoms with Crippen LogP contribution < -0.4 is 10.6 Å². The lowest BCUT2D eigenvalue weighted by Gasteiger charge is -2.23. The van der Waals surface area contributed by atoms with Crippen molar-refractivity contribution in [2.45, 2.75) is 38.3 Å². The van der Waals surface area contributed by atoms with Crippen LogP contribution in [-0.4, -0.2) is 33.2 Å². The molecule has 0 radical (unpaired) electrons. The summed E-state index contributed by atoms with van der Waals surface area (Å²) < 4.78 is 26.7. The Kier molecular flexibility index (Phi) is 7.14. The Bertz CT molecular complexity index is 1160. The van der Waals surface area contributed by atoms with Crippen LogP contribution in [0.5, 0.6) is 0 Å². The number of anilines is 1. The molecule has 0 bridgehead atoms. The fourth-order valence-corrected chi connectivity index (χ4v) is 3.41. The van der Waals surface area contributed by atoms with Gasteiger partial charge in [0.15, 0.2) is 11.9 Å². The second kappa shape index (κ2) is 9.68. The lowest BCUT2D eigenvalue weighted by atomic mass is 9.81. The zero-order chi connectivity index (χ0) is 24.3. The zero-order valence-electron chi connectivity index (χ0n) is 18.1. The summed E-state index contributed by atoms with van der Waals surface area (Å²) in [6.07, 6.45) is -1.85. The molecule has 2 unspecified atom stereocenters. The lowest BCUT2D eigenvalue weighted by molar-refractivity contribution is -0.132. The Morgan fingerprint density at radius 3 is 2.39 bits per heavy atom. The zero-order valence-corrected chi connectivity index (χ0v) is 18.9.